The molecule has 0 bridgehead atoms. The number of benzene rings is 1. The third-order valence-electron chi connectivity index (χ3n) is 3.27. The summed E-state index contributed by atoms with van der Waals surface area (Å²) in [5.74, 6) is -0.458. The van der Waals surface area contributed by atoms with Gasteiger partial charge >= 0.3 is 5.97 Å². The monoisotopic (exact) mass is 282 g/mol. The van der Waals surface area contributed by atoms with Crippen LogP contribution in [-0.2, 0) is 4.79 Å². The molecule has 5 heteroatoms. The molecule has 0 aliphatic rings. The zero-order valence-electron chi connectivity index (χ0n) is 11.4. The van der Waals surface area contributed by atoms with Crippen LogP contribution < -0.4 is 4.74 Å². The summed E-state index contributed by atoms with van der Waals surface area (Å²) in [5.41, 5.74) is 2.80. The van der Waals surface area contributed by atoms with Crippen LogP contribution in [-0.4, -0.2) is 27.1 Å². The fourth-order valence-electron chi connectivity index (χ4n) is 2.20. The summed E-state index contributed by atoms with van der Waals surface area (Å²) >= 11 is 0. The Balaban J connectivity index is 2.00. The van der Waals surface area contributed by atoms with Crippen molar-refractivity contribution in [1.82, 2.24) is 9.97 Å². The van der Waals surface area contributed by atoms with Gasteiger partial charge in [0.1, 0.15) is 11.4 Å². The van der Waals surface area contributed by atoms with Crippen LogP contribution >= 0.6 is 0 Å². The highest BCUT2D eigenvalue weighted by Gasteiger charge is 2.13. The lowest BCUT2D eigenvalue weighted by Gasteiger charge is -2.11. The highest BCUT2D eigenvalue weighted by Crippen LogP contribution is 2.29. The van der Waals surface area contributed by atoms with E-state index in [4.69, 9.17) is 9.84 Å². The van der Waals surface area contributed by atoms with Crippen molar-refractivity contribution in [3.8, 4) is 16.9 Å². The Bertz CT molecular complexity index is 795. The summed E-state index contributed by atoms with van der Waals surface area (Å²) in [6.45, 7) is 1.51. The number of ether oxygens (including phenoxy) is 1. The highest BCUT2D eigenvalue weighted by atomic mass is 16.5. The van der Waals surface area contributed by atoms with Crippen LogP contribution in [0.5, 0.6) is 5.75 Å². The summed E-state index contributed by atoms with van der Waals surface area (Å²) in [6.07, 6.45) is 2.69. The summed E-state index contributed by atoms with van der Waals surface area (Å²) in [7, 11) is 0. The number of nitrogens with one attached hydrogen (secondary N) is 1. The summed E-state index contributed by atoms with van der Waals surface area (Å²) in [4.78, 5) is 18.2. The molecule has 2 aromatic heterocycles. The van der Waals surface area contributed by atoms with E-state index in [0.717, 1.165) is 22.2 Å². The van der Waals surface area contributed by atoms with Gasteiger partial charge in [-0.2, -0.15) is 0 Å². The summed E-state index contributed by atoms with van der Waals surface area (Å²) in [5, 5.41) is 9.92. The Kier molecular flexibility index (Phi) is 3.31. The molecule has 1 atom stereocenters. The van der Waals surface area contributed by atoms with Gasteiger partial charge in [0, 0.05) is 17.8 Å². The number of carboxylic acid groups (broad SMARTS) is 1. The molecule has 21 heavy (non-hydrogen) atoms. The number of carbonyl (C=O) groups is 1. The van der Waals surface area contributed by atoms with Crippen molar-refractivity contribution < 1.29 is 14.6 Å². The van der Waals surface area contributed by atoms with Gasteiger partial charge in [0.15, 0.2) is 6.10 Å². The average Bonchev–Trinajstić information content (AvgIpc) is 2.95. The van der Waals surface area contributed by atoms with Gasteiger partial charge in [-0.3, -0.25) is 0 Å². The first kappa shape index (κ1) is 13.2. The Morgan fingerprint density at radius 3 is 3.00 bits per heavy atom. The Hall–Kier alpha value is -2.82. The Morgan fingerprint density at radius 1 is 1.33 bits per heavy atom. The lowest BCUT2D eigenvalue weighted by atomic mass is 10.0. The van der Waals surface area contributed by atoms with Gasteiger partial charge < -0.3 is 14.8 Å². The maximum Gasteiger partial charge on any atom is 0.344 e. The van der Waals surface area contributed by atoms with Crippen LogP contribution in [0.25, 0.3) is 22.2 Å². The van der Waals surface area contributed by atoms with Gasteiger partial charge in [0.2, 0.25) is 0 Å². The van der Waals surface area contributed by atoms with Crippen molar-refractivity contribution in [2.75, 3.05) is 0 Å². The minimum atomic E-state index is -0.989. The normalized spacial score (nSPS) is 12.2. The lowest BCUT2D eigenvalue weighted by molar-refractivity contribution is -0.144. The van der Waals surface area contributed by atoms with Gasteiger partial charge in [-0.1, -0.05) is 12.1 Å². The molecule has 2 heterocycles. The second-order valence-corrected chi connectivity index (χ2v) is 4.72. The van der Waals surface area contributed by atoms with Crippen molar-refractivity contribution in [3.05, 3.63) is 48.8 Å². The standard InChI is InChI=1S/C16H14N2O3/c1-10(16(19)20)21-12-4-2-3-11(9-12)13-5-7-17-15-14(13)6-8-18-15/h2-10H,1H3,(H,17,18)(H,19,20). The molecular formula is C16H14N2O3. The Morgan fingerprint density at radius 2 is 2.19 bits per heavy atom. The number of hydrogen-bond acceptors (Lipinski definition) is 3. The number of pyridine rings is 1. The van der Waals surface area contributed by atoms with Crippen molar-refractivity contribution in [1.29, 1.82) is 0 Å². The van der Waals surface area contributed by atoms with E-state index >= 15 is 0 Å². The van der Waals surface area contributed by atoms with Crippen LogP contribution in [0.1, 0.15) is 6.92 Å². The fraction of sp³-hybridized carbons (Fsp3) is 0.125. The first-order valence-electron chi connectivity index (χ1n) is 6.57. The number of rotatable bonds is 4. The summed E-state index contributed by atoms with van der Waals surface area (Å²) < 4.78 is 5.41. The van der Waals surface area contributed by atoms with Gasteiger partial charge in [0.05, 0.1) is 0 Å². The van der Waals surface area contributed by atoms with E-state index < -0.39 is 12.1 Å². The molecule has 0 aliphatic heterocycles. The number of H-pyrrole nitrogens is 1. The maximum atomic E-state index is 10.9. The number of hydrogen-bond donors (Lipinski definition) is 2. The number of fused-ring (bicyclic) bond motifs is 1. The molecule has 2 N–H and O–H groups in total. The predicted octanol–water partition coefficient (Wildman–Crippen LogP) is 3.08. The smallest absolute Gasteiger partial charge is 0.344 e. The molecule has 1 aromatic carbocycles. The van der Waals surface area contributed by atoms with Crippen molar-refractivity contribution >= 4 is 17.0 Å². The van der Waals surface area contributed by atoms with Gasteiger partial charge in [-0.15, -0.1) is 0 Å². The molecule has 3 aromatic rings. The molecule has 5 nitrogen and oxygen atoms in total. The van der Waals surface area contributed by atoms with E-state index in [0.29, 0.717) is 5.75 Å². The molecular weight excluding hydrogens is 268 g/mol. The zero-order chi connectivity index (χ0) is 14.8. The third kappa shape index (κ3) is 2.58. The summed E-state index contributed by atoms with van der Waals surface area (Å²) in [6, 6.07) is 11.3. The largest absolute Gasteiger partial charge is 0.479 e. The van der Waals surface area contributed by atoms with Crippen LogP contribution in [0.4, 0.5) is 0 Å². The third-order valence-corrected chi connectivity index (χ3v) is 3.27. The van der Waals surface area contributed by atoms with E-state index in [9.17, 15) is 4.79 Å². The number of carboxylic acids is 1. The Labute approximate surface area is 121 Å². The number of nitrogens with zero attached hydrogens (tertiary/aromatic N) is 1. The van der Waals surface area contributed by atoms with E-state index in [1.165, 1.54) is 6.92 Å². The van der Waals surface area contributed by atoms with Crippen LogP contribution in [0.3, 0.4) is 0 Å². The minimum absolute atomic E-state index is 0.530. The van der Waals surface area contributed by atoms with Crippen molar-refractivity contribution in [2.24, 2.45) is 0 Å². The molecule has 1 unspecified atom stereocenters. The molecule has 0 radical (unpaired) electrons. The highest BCUT2D eigenvalue weighted by molar-refractivity contribution is 5.93. The first-order valence-corrected chi connectivity index (χ1v) is 6.57. The van der Waals surface area contributed by atoms with E-state index in [1.807, 2.05) is 36.5 Å². The van der Waals surface area contributed by atoms with Crippen molar-refractivity contribution in [2.45, 2.75) is 13.0 Å². The minimum Gasteiger partial charge on any atom is -0.479 e. The lowest BCUT2D eigenvalue weighted by Crippen LogP contribution is -2.22. The zero-order valence-corrected chi connectivity index (χ0v) is 11.4. The second-order valence-electron chi connectivity index (χ2n) is 4.72. The molecule has 0 saturated heterocycles. The van der Waals surface area contributed by atoms with Crippen LogP contribution in [0, 0.1) is 0 Å². The van der Waals surface area contributed by atoms with Crippen molar-refractivity contribution in [3.63, 3.8) is 0 Å². The molecule has 0 fully saturated rings. The predicted molar refractivity (Wildman–Crippen MR) is 79.3 cm³/mol. The topological polar surface area (TPSA) is 75.2 Å². The number of aromatic amines is 1. The molecule has 3 rings (SSSR count). The molecule has 106 valence electrons. The van der Waals surface area contributed by atoms with Crippen LogP contribution in [0.2, 0.25) is 0 Å². The SMILES string of the molecule is CC(Oc1cccc(-c2ccnc3[nH]ccc23)c1)C(=O)O. The maximum absolute atomic E-state index is 10.9. The number of aromatic nitrogens is 2. The van der Waals surface area contributed by atoms with E-state index in [-0.39, 0.29) is 0 Å². The average molecular weight is 282 g/mol. The molecule has 0 amide bonds. The fourth-order valence-corrected chi connectivity index (χ4v) is 2.20. The van der Waals surface area contributed by atoms with Gasteiger partial charge in [0.25, 0.3) is 0 Å². The quantitative estimate of drug-likeness (QED) is 0.771. The molecule has 0 spiro atoms. The number of aliphatic carboxylic acids is 1. The molecule has 0 saturated carbocycles. The second kappa shape index (κ2) is 5.28. The molecule has 0 aliphatic carbocycles. The van der Waals surface area contributed by atoms with E-state index in [1.54, 1.807) is 12.3 Å². The van der Waals surface area contributed by atoms with Gasteiger partial charge in [-0.05, 0) is 42.3 Å². The van der Waals surface area contributed by atoms with E-state index in [2.05, 4.69) is 9.97 Å². The van der Waals surface area contributed by atoms with Crippen LogP contribution in [0.15, 0.2) is 48.8 Å². The first-order chi connectivity index (χ1) is 10.1. The van der Waals surface area contributed by atoms with Gasteiger partial charge in [-0.25, -0.2) is 9.78 Å².